The fraction of sp³-hybridized carbons (Fsp3) is 0.636. The average Bonchev–Trinajstić information content (AvgIpc) is 2.71. The lowest BCUT2D eigenvalue weighted by Gasteiger charge is -2.31. The molecule has 2 heterocycles. The van der Waals surface area contributed by atoms with Crippen LogP contribution in [0.5, 0.6) is 0 Å². The van der Waals surface area contributed by atoms with Gasteiger partial charge in [0.05, 0.1) is 8.81 Å². The van der Waals surface area contributed by atoms with Gasteiger partial charge in [-0.15, -0.1) is 11.3 Å². The third-order valence-electron chi connectivity index (χ3n) is 3.24. The molecule has 1 atom stereocenters. The quantitative estimate of drug-likeness (QED) is 0.862. The Kier molecular flexibility index (Phi) is 5.30. The molecule has 1 aliphatic rings. The highest BCUT2D eigenvalue weighted by atomic mass is 79.9. The van der Waals surface area contributed by atoms with Gasteiger partial charge in [-0.2, -0.15) is 4.31 Å². The van der Waals surface area contributed by atoms with Crippen LogP contribution in [0.3, 0.4) is 0 Å². The van der Waals surface area contributed by atoms with Gasteiger partial charge in [0.15, 0.2) is 0 Å². The average molecular weight is 389 g/mol. The van der Waals surface area contributed by atoms with Crippen molar-refractivity contribution >= 4 is 48.9 Å². The van der Waals surface area contributed by atoms with Gasteiger partial charge in [-0.1, -0.05) is 11.6 Å². The molecule has 0 saturated carbocycles. The Hall–Kier alpha value is 0.340. The summed E-state index contributed by atoms with van der Waals surface area (Å²) < 4.78 is 27.4. The molecule has 0 aromatic carbocycles. The molecule has 1 unspecified atom stereocenters. The Balaban J connectivity index is 2.19. The maximum Gasteiger partial charge on any atom is 0.252 e. The molecule has 108 valence electrons. The van der Waals surface area contributed by atoms with Crippen molar-refractivity contribution in [2.45, 2.75) is 23.5 Å². The lowest BCUT2D eigenvalue weighted by atomic mass is 9.97. The highest BCUT2D eigenvalue weighted by Crippen LogP contribution is 2.37. The first-order chi connectivity index (χ1) is 8.95. The Morgan fingerprint density at radius 2 is 2.32 bits per heavy atom. The smallest absolute Gasteiger partial charge is 0.252 e. The summed E-state index contributed by atoms with van der Waals surface area (Å²) >= 11 is 10.3. The van der Waals surface area contributed by atoms with Crippen LogP contribution in [0, 0.1) is 5.92 Å². The Labute approximate surface area is 130 Å². The fourth-order valence-electron chi connectivity index (χ4n) is 2.24. The number of halogens is 2. The van der Waals surface area contributed by atoms with Crippen LogP contribution in [0.25, 0.3) is 0 Å². The second kappa shape index (κ2) is 6.41. The number of sulfonamides is 1. The maximum absolute atomic E-state index is 12.5. The zero-order valence-corrected chi connectivity index (χ0v) is 14.2. The second-order valence-electron chi connectivity index (χ2n) is 4.57. The van der Waals surface area contributed by atoms with E-state index < -0.39 is 10.0 Å². The number of hydrogen-bond donors (Lipinski definition) is 1. The van der Waals surface area contributed by atoms with E-state index in [4.69, 9.17) is 16.7 Å². The molecule has 1 fully saturated rings. The SMILES string of the molecule is O=S(=O)(c1cc(Cl)c(Br)s1)N1CCCC(CCO)C1. The number of thiophene rings is 1. The van der Waals surface area contributed by atoms with Crippen LogP contribution in [-0.2, 0) is 10.0 Å². The van der Waals surface area contributed by atoms with Crippen LogP contribution in [0.2, 0.25) is 5.02 Å². The van der Waals surface area contributed by atoms with Crippen molar-refractivity contribution in [3.63, 3.8) is 0 Å². The van der Waals surface area contributed by atoms with Crippen molar-refractivity contribution in [2.75, 3.05) is 19.7 Å². The molecule has 0 bridgehead atoms. The van der Waals surface area contributed by atoms with Gasteiger partial charge in [0.1, 0.15) is 4.21 Å². The molecule has 1 saturated heterocycles. The van der Waals surface area contributed by atoms with E-state index in [0.717, 1.165) is 24.2 Å². The van der Waals surface area contributed by atoms with Gasteiger partial charge in [-0.3, -0.25) is 0 Å². The summed E-state index contributed by atoms with van der Waals surface area (Å²) in [5, 5.41) is 9.40. The van der Waals surface area contributed by atoms with Gasteiger partial charge >= 0.3 is 0 Å². The van der Waals surface area contributed by atoms with E-state index in [2.05, 4.69) is 15.9 Å². The molecule has 2 rings (SSSR count). The number of rotatable bonds is 4. The maximum atomic E-state index is 12.5. The van der Waals surface area contributed by atoms with Crippen LogP contribution in [-0.4, -0.2) is 37.5 Å². The molecule has 1 aliphatic heterocycles. The first kappa shape index (κ1) is 15.7. The largest absolute Gasteiger partial charge is 0.396 e. The number of nitrogens with zero attached hydrogens (tertiary/aromatic N) is 1. The molecule has 4 nitrogen and oxygen atoms in total. The number of aliphatic hydroxyl groups is 1. The summed E-state index contributed by atoms with van der Waals surface area (Å²) in [7, 11) is -3.46. The van der Waals surface area contributed by atoms with Gasteiger partial charge in [0.2, 0.25) is 0 Å². The third-order valence-corrected chi connectivity index (χ3v) is 8.02. The van der Waals surface area contributed by atoms with E-state index in [1.54, 1.807) is 0 Å². The molecular weight excluding hydrogens is 374 g/mol. The number of aliphatic hydroxyl groups excluding tert-OH is 1. The van der Waals surface area contributed by atoms with Crippen LogP contribution in [0.4, 0.5) is 0 Å². The van der Waals surface area contributed by atoms with Crippen molar-refractivity contribution in [1.82, 2.24) is 4.31 Å². The van der Waals surface area contributed by atoms with Crippen molar-refractivity contribution in [1.29, 1.82) is 0 Å². The Bertz CT molecular complexity index is 525. The predicted octanol–water partition coefficient (Wildman–Crippen LogP) is 2.95. The lowest BCUT2D eigenvalue weighted by Crippen LogP contribution is -2.39. The van der Waals surface area contributed by atoms with E-state index in [1.807, 2.05) is 0 Å². The summed E-state index contributed by atoms with van der Waals surface area (Å²) in [4.78, 5) is 0. The lowest BCUT2D eigenvalue weighted by molar-refractivity contribution is 0.203. The molecule has 1 aromatic rings. The van der Waals surface area contributed by atoms with E-state index in [1.165, 1.54) is 10.4 Å². The first-order valence-corrected chi connectivity index (χ1v) is 9.43. The van der Waals surface area contributed by atoms with E-state index in [-0.39, 0.29) is 16.7 Å². The minimum absolute atomic E-state index is 0.106. The monoisotopic (exact) mass is 387 g/mol. The molecule has 0 spiro atoms. The summed E-state index contributed by atoms with van der Waals surface area (Å²) in [5.74, 6) is 0.243. The summed E-state index contributed by atoms with van der Waals surface area (Å²) in [6, 6.07) is 1.49. The molecule has 1 aromatic heterocycles. The zero-order valence-electron chi connectivity index (χ0n) is 10.2. The van der Waals surface area contributed by atoms with Crippen molar-refractivity contribution in [3.8, 4) is 0 Å². The predicted molar refractivity (Wildman–Crippen MR) is 80.2 cm³/mol. The van der Waals surface area contributed by atoms with Gasteiger partial charge < -0.3 is 5.11 Å². The Morgan fingerprint density at radius 3 is 2.89 bits per heavy atom. The minimum atomic E-state index is -3.46. The highest BCUT2D eigenvalue weighted by molar-refractivity contribution is 9.11. The normalized spacial score (nSPS) is 21.7. The van der Waals surface area contributed by atoms with Crippen LogP contribution in [0.1, 0.15) is 19.3 Å². The van der Waals surface area contributed by atoms with Gasteiger partial charge in [0.25, 0.3) is 10.0 Å². The zero-order chi connectivity index (χ0) is 14.0. The fourth-order valence-corrected chi connectivity index (χ4v) is 6.35. The topological polar surface area (TPSA) is 57.6 Å². The molecule has 19 heavy (non-hydrogen) atoms. The highest BCUT2D eigenvalue weighted by Gasteiger charge is 2.31. The minimum Gasteiger partial charge on any atom is -0.396 e. The summed E-state index contributed by atoms with van der Waals surface area (Å²) in [6.07, 6.45) is 2.46. The molecule has 1 N–H and O–H groups in total. The first-order valence-electron chi connectivity index (χ1n) is 6.01. The molecular formula is C11H15BrClNO3S2. The van der Waals surface area contributed by atoms with Gasteiger partial charge in [-0.05, 0) is 47.2 Å². The molecule has 0 radical (unpaired) electrons. The van der Waals surface area contributed by atoms with Crippen molar-refractivity contribution < 1.29 is 13.5 Å². The van der Waals surface area contributed by atoms with Crippen molar-refractivity contribution in [3.05, 3.63) is 14.9 Å². The molecule has 8 heteroatoms. The van der Waals surface area contributed by atoms with Gasteiger partial charge in [-0.25, -0.2) is 8.42 Å². The van der Waals surface area contributed by atoms with Crippen LogP contribution >= 0.6 is 38.9 Å². The van der Waals surface area contributed by atoms with E-state index in [0.29, 0.717) is 28.3 Å². The van der Waals surface area contributed by atoms with E-state index in [9.17, 15) is 8.42 Å². The standard InChI is InChI=1S/C11H15BrClNO3S2/c12-11-9(13)6-10(18-11)19(16,17)14-4-1-2-8(7-14)3-5-15/h6,8,15H,1-5,7H2. The number of piperidine rings is 1. The van der Waals surface area contributed by atoms with Crippen LogP contribution < -0.4 is 0 Å². The Morgan fingerprint density at radius 1 is 1.58 bits per heavy atom. The van der Waals surface area contributed by atoms with Crippen LogP contribution in [0.15, 0.2) is 14.1 Å². The third kappa shape index (κ3) is 3.51. The van der Waals surface area contributed by atoms with E-state index >= 15 is 0 Å². The number of hydrogen-bond acceptors (Lipinski definition) is 4. The summed E-state index contributed by atoms with van der Waals surface area (Å²) in [5.41, 5.74) is 0. The summed E-state index contributed by atoms with van der Waals surface area (Å²) in [6.45, 7) is 1.13. The molecule has 0 aliphatic carbocycles. The second-order valence-corrected chi connectivity index (χ2v) is 9.51. The van der Waals surface area contributed by atoms with Gasteiger partial charge in [0, 0.05) is 19.7 Å². The molecule has 0 amide bonds. The van der Waals surface area contributed by atoms with Crippen molar-refractivity contribution in [2.24, 2.45) is 5.92 Å².